The number of nitrogens with zero attached hydrogens (tertiary/aromatic N) is 1. The summed E-state index contributed by atoms with van der Waals surface area (Å²) >= 11 is 5.77. The molecule has 16 heavy (non-hydrogen) atoms. The number of rotatable bonds is 1. The Hall–Kier alpha value is -1.81. The van der Waals surface area contributed by atoms with Crippen LogP contribution in [-0.2, 0) is 9.53 Å². The van der Waals surface area contributed by atoms with Crippen molar-refractivity contribution in [3.8, 4) is 5.75 Å². The van der Waals surface area contributed by atoms with Gasteiger partial charge in [-0.3, -0.25) is 0 Å². The molecule has 0 saturated carbocycles. The second-order valence-electron chi connectivity index (χ2n) is 3.25. The fraction of sp³-hybridized carbons (Fsp3) is 0.0909. The van der Waals surface area contributed by atoms with Gasteiger partial charge >= 0.3 is 5.97 Å². The van der Waals surface area contributed by atoms with Crippen molar-refractivity contribution in [3.63, 3.8) is 0 Å². The van der Waals surface area contributed by atoms with E-state index in [4.69, 9.17) is 16.3 Å². The van der Waals surface area contributed by atoms with Gasteiger partial charge in [0, 0.05) is 17.5 Å². The number of cyclic esters (lactones) is 1. The van der Waals surface area contributed by atoms with E-state index < -0.39 is 5.97 Å². The molecule has 82 valence electrons. The molecule has 1 heterocycles. The number of aromatic hydroxyl groups is 1. The summed E-state index contributed by atoms with van der Waals surface area (Å²) in [6.45, 7) is 1.58. The average Bonchev–Trinajstić information content (AvgIpc) is 2.51. The summed E-state index contributed by atoms with van der Waals surface area (Å²) in [7, 11) is 0. The molecule has 0 aromatic heterocycles. The van der Waals surface area contributed by atoms with Gasteiger partial charge in [0.25, 0.3) is 0 Å². The minimum absolute atomic E-state index is 0.0319. The number of phenolic OH excluding ortho intramolecular Hbond substituents is 1. The lowest BCUT2D eigenvalue weighted by Gasteiger charge is -1.99. The lowest BCUT2D eigenvalue weighted by atomic mass is 10.1. The Morgan fingerprint density at radius 3 is 2.88 bits per heavy atom. The van der Waals surface area contributed by atoms with Crippen LogP contribution in [0.25, 0.3) is 6.08 Å². The van der Waals surface area contributed by atoms with E-state index in [2.05, 4.69) is 4.99 Å². The Morgan fingerprint density at radius 2 is 2.25 bits per heavy atom. The molecule has 2 rings (SSSR count). The Kier molecular flexibility index (Phi) is 2.66. The van der Waals surface area contributed by atoms with E-state index in [9.17, 15) is 9.90 Å². The van der Waals surface area contributed by atoms with Gasteiger partial charge in [0.05, 0.1) is 0 Å². The Balaban J connectivity index is 2.43. The number of phenols is 1. The van der Waals surface area contributed by atoms with Crippen LogP contribution in [0.4, 0.5) is 0 Å². The van der Waals surface area contributed by atoms with Gasteiger partial charge in [-0.05, 0) is 24.3 Å². The van der Waals surface area contributed by atoms with Crippen LogP contribution in [0, 0.1) is 0 Å². The predicted octanol–water partition coefficient (Wildman–Crippen LogP) is 2.36. The number of benzene rings is 1. The maximum absolute atomic E-state index is 11.3. The third-order valence-corrected chi connectivity index (χ3v) is 2.24. The zero-order chi connectivity index (χ0) is 11.7. The second kappa shape index (κ2) is 3.98. The number of hydrogen-bond donors (Lipinski definition) is 1. The maximum atomic E-state index is 11.3. The van der Waals surface area contributed by atoms with E-state index in [0.717, 1.165) is 0 Å². The number of halogens is 1. The number of esters is 1. The highest BCUT2D eigenvalue weighted by molar-refractivity contribution is 6.30. The van der Waals surface area contributed by atoms with Gasteiger partial charge in [0.1, 0.15) is 5.75 Å². The molecule has 1 N–H and O–H groups in total. The fourth-order valence-corrected chi connectivity index (χ4v) is 1.48. The maximum Gasteiger partial charge on any atom is 0.363 e. The van der Waals surface area contributed by atoms with Crippen molar-refractivity contribution in [2.24, 2.45) is 4.99 Å². The van der Waals surface area contributed by atoms with Crippen LogP contribution < -0.4 is 0 Å². The molecule has 0 bridgehead atoms. The van der Waals surface area contributed by atoms with Crippen molar-refractivity contribution in [2.45, 2.75) is 6.92 Å². The van der Waals surface area contributed by atoms with Crippen LogP contribution in [0.5, 0.6) is 5.75 Å². The van der Waals surface area contributed by atoms with E-state index in [1.54, 1.807) is 19.1 Å². The molecule has 1 aromatic rings. The van der Waals surface area contributed by atoms with Crippen molar-refractivity contribution in [1.29, 1.82) is 0 Å². The first kappa shape index (κ1) is 10.7. The molecule has 0 aliphatic carbocycles. The Bertz CT molecular complexity index is 520. The third kappa shape index (κ3) is 2.06. The predicted molar refractivity (Wildman–Crippen MR) is 60.3 cm³/mol. The molecule has 0 spiro atoms. The van der Waals surface area contributed by atoms with Gasteiger partial charge < -0.3 is 9.84 Å². The van der Waals surface area contributed by atoms with Crippen molar-refractivity contribution < 1.29 is 14.6 Å². The van der Waals surface area contributed by atoms with Crippen LogP contribution >= 0.6 is 11.6 Å². The highest BCUT2D eigenvalue weighted by Gasteiger charge is 2.20. The van der Waals surface area contributed by atoms with Crippen molar-refractivity contribution in [2.75, 3.05) is 0 Å². The molecule has 0 radical (unpaired) electrons. The minimum atomic E-state index is -0.531. The summed E-state index contributed by atoms with van der Waals surface area (Å²) in [5, 5.41) is 10.0. The lowest BCUT2D eigenvalue weighted by Crippen LogP contribution is -1.99. The van der Waals surface area contributed by atoms with Crippen LogP contribution in [0.15, 0.2) is 28.9 Å². The van der Waals surface area contributed by atoms with E-state index in [1.807, 2.05) is 0 Å². The molecule has 0 amide bonds. The first-order chi connectivity index (χ1) is 7.56. The standard InChI is InChI=1S/C11H8ClNO3/c1-6-13-9(11(15)16-6)5-7-4-8(12)2-3-10(7)14/h2-5,14H,1H3. The summed E-state index contributed by atoms with van der Waals surface area (Å²) < 4.78 is 4.74. The third-order valence-electron chi connectivity index (χ3n) is 2.01. The molecule has 4 nitrogen and oxygen atoms in total. The summed E-state index contributed by atoms with van der Waals surface area (Å²) in [5.74, 6) is -0.209. The number of aliphatic imine (C=N–C) groups is 1. The van der Waals surface area contributed by atoms with Crippen molar-refractivity contribution >= 4 is 29.5 Å². The molecule has 5 heteroatoms. The van der Waals surface area contributed by atoms with E-state index in [1.165, 1.54) is 12.1 Å². The molecule has 0 unspecified atom stereocenters. The number of hydrogen-bond acceptors (Lipinski definition) is 4. The Labute approximate surface area is 96.8 Å². The molecule has 0 fully saturated rings. The number of carbonyl (C=O) groups is 1. The van der Waals surface area contributed by atoms with Gasteiger partial charge in [-0.15, -0.1) is 0 Å². The molecule has 1 aromatic carbocycles. The SMILES string of the molecule is CC1=NC(=Cc2cc(Cl)ccc2O)C(=O)O1. The fourth-order valence-electron chi connectivity index (χ4n) is 1.30. The summed E-state index contributed by atoms with van der Waals surface area (Å²) in [6.07, 6.45) is 1.43. The lowest BCUT2D eigenvalue weighted by molar-refractivity contribution is -0.130. The van der Waals surface area contributed by atoms with Crippen LogP contribution in [-0.4, -0.2) is 17.0 Å². The molecule has 0 atom stereocenters. The van der Waals surface area contributed by atoms with Crippen molar-refractivity contribution in [1.82, 2.24) is 0 Å². The largest absolute Gasteiger partial charge is 0.507 e. The molecule has 1 aliphatic heterocycles. The highest BCUT2D eigenvalue weighted by Crippen LogP contribution is 2.25. The van der Waals surface area contributed by atoms with Gasteiger partial charge in [0.15, 0.2) is 11.6 Å². The van der Waals surface area contributed by atoms with E-state index >= 15 is 0 Å². The van der Waals surface area contributed by atoms with Crippen LogP contribution in [0.1, 0.15) is 12.5 Å². The monoisotopic (exact) mass is 237 g/mol. The quantitative estimate of drug-likeness (QED) is 0.603. The summed E-state index contributed by atoms with van der Waals surface area (Å²) in [5.41, 5.74) is 0.577. The average molecular weight is 238 g/mol. The molecular formula is C11H8ClNO3. The Morgan fingerprint density at radius 1 is 1.50 bits per heavy atom. The van der Waals surface area contributed by atoms with Crippen molar-refractivity contribution in [3.05, 3.63) is 34.5 Å². The molecule has 1 aliphatic rings. The second-order valence-corrected chi connectivity index (χ2v) is 3.69. The first-order valence-electron chi connectivity index (χ1n) is 4.54. The molecule has 0 saturated heterocycles. The van der Waals surface area contributed by atoms with E-state index in [-0.39, 0.29) is 17.3 Å². The van der Waals surface area contributed by atoms with Gasteiger partial charge in [-0.2, -0.15) is 0 Å². The summed E-state index contributed by atoms with van der Waals surface area (Å²) in [6, 6.07) is 4.55. The minimum Gasteiger partial charge on any atom is -0.507 e. The highest BCUT2D eigenvalue weighted by atomic mass is 35.5. The smallest absolute Gasteiger partial charge is 0.363 e. The summed E-state index contributed by atoms with van der Waals surface area (Å²) in [4.78, 5) is 15.2. The van der Waals surface area contributed by atoms with Gasteiger partial charge in [-0.25, -0.2) is 9.79 Å². The van der Waals surface area contributed by atoms with E-state index in [0.29, 0.717) is 10.6 Å². The zero-order valence-electron chi connectivity index (χ0n) is 8.40. The normalized spacial score (nSPS) is 17.5. The zero-order valence-corrected chi connectivity index (χ0v) is 9.15. The first-order valence-corrected chi connectivity index (χ1v) is 4.92. The van der Waals surface area contributed by atoms with Crippen LogP contribution in [0.3, 0.4) is 0 Å². The topological polar surface area (TPSA) is 58.9 Å². The van der Waals surface area contributed by atoms with Gasteiger partial charge in [-0.1, -0.05) is 11.6 Å². The number of carbonyl (C=O) groups excluding carboxylic acids is 1. The molecular weight excluding hydrogens is 230 g/mol. The number of ether oxygens (including phenoxy) is 1. The van der Waals surface area contributed by atoms with Gasteiger partial charge in [0.2, 0.25) is 0 Å². The van der Waals surface area contributed by atoms with Crippen LogP contribution in [0.2, 0.25) is 5.02 Å².